The van der Waals surface area contributed by atoms with Crippen LogP contribution in [-0.2, 0) is 18.7 Å². The van der Waals surface area contributed by atoms with Gasteiger partial charge in [-0.3, -0.25) is 0 Å². The van der Waals surface area contributed by atoms with E-state index in [-0.39, 0.29) is 5.88 Å². The largest absolute Gasteiger partial charge is 0.338 e. The van der Waals surface area contributed by atoms with Crippen LogP contribution in [0, 0.1) is 0 Å². The van der Waals surface area contributed by atoms with Crippen molar-refractivity contribution in [2.24, 2.45) is 0 Å². The molecule has 1 heterocycles. The average molecular weight is 257 g/mol. The topological polar surface area (TPSA) is 38.9 Å². The fraction of sp³-hybridized carbons (Fsp3) is 0.273. The van der Waals surface area contributed by atoms with Crippen LogP contribution < -0.4 is 0 Å². The van der Waals surface area contributed by atoms with E-state index in [1.54, 1.807) is 0 Å². The van der Waals surface area contributed by atoms with Gasteiger partial charge in [0.25, 0.3) is 0 Å². The Hall–Kier alpha value is -1.06. The van der Waals surface area contributed by atoms with E-state index < -0.39 is 0 Å². The molecule has 0 aliphatic carbocycles. The van der Waals surface area contributed by atoms with Crippen LogP contribution in [0.4, 0.5) is 0 Å². The fourth-order valence-corrected chi connectivity index (χ4v) is 1.73. The molecule has 3 nitrogen and oxygen atoms in total. The molecule has 0 saturated heterocycles. The smallest absolute Gasteiger partial charge is 0.241 e. The highest BCUT2D eigenvalue weighted by Crippen LogP contribution is 2.16. The van der Waals surface area contributed by atoms with Crippen LogP contribution in [0.1, 0.15) is 17.3 Å². The molecule has 0 aliphatic rings. The van der Waals surface area contributed by atoms with Gasteiger partial charge in [0.2, 0.25) is 5.89 Å². The predicted octanol–water partition coefficient (Wildman–Crippen LogP) is 3.25. The van der Waals surface area contributed by atoms with Crippen molar-refractivity contribution < 1.29 is 4.52 Å². The molecule has 2 rings (SSSR count). The zero-order valence-electron chi connectivity index (χ0n) is 8.49. The van der Waals surface area contributed by atoms with E-state index >= 15 is 0 Å². The lowest BCUT2D eigenvalue weighted by Gasteiger charge is -2.00. The van der Waals surface area contributed by atoms with Gasteiger partial charge in [0.1, 0.15) is 5.88 Å². The van der Waals surface area contributed by atoms with Gasteiger partial charge in [-0.1, -0.05) is 35.0 Å². The first-order valence-corrected chi connectivity index (χ1v) is 5.81. The fourth-order valence-electron chi connectivity index (χ4n) is 1.39. The molecular weight excluding hydrogens is 247 g/mol. The highest BCUT2D eigenvalue weighted by atomic mass is 35.5. The normalized spacial score (nSPS) is 10.6. The second kappa shape index (κ2) is 5.32. The molecule has 0 fully saturated rings. The van der Waals surface area contributed by atoms with Gasteiger partial charge in [0.05, 0.1) is 0 Å². The van der Waals surface area contributed by atoms with Crippen molar-refractivity contribution in [2.75, 3.05) is 0 Å². The number of aromatic nitrogens is 2. The standard InChI is InChI=1S/C11H10Cl2N2O/c12-7-11-14-10(15-16-11)6-5-8-3-1-2-4-9(8)13/h1-4H,5-7H2. The minimum atomic E-state index is 0.249. The first-order chi connectivity index (χ1) is 7.79. The van der Waals surface area contributed by atoms with E-state index in [4.69, 9.17) is 27.7 Å². The third-order valence-corrected chi connectivity index (χ3v) is 2.80. The van der Waals surface area contributed by atoms with E-state index in [1.165, 1.54) is 0 Å². The van der Waals surface area contributed by atoms with Crippen molar-refractivity contribution in [2.45, 2.75) is 18.7 Å². The van der Waals surface area contributed by atoms with Crippen LogP contribution >= 0.6 is 23.2 Å². The quantitative estimate of drug-likeness (QED) is 0.789. The van der Waals surface area contributed by atoms with Crippen LogP contribution in [0.3, 0.4) is 0 Å². The minimum Gasteiger partial charge on any atom is -0.338 e. The van der Waals surface area contributed by atoms with E-state index in [0.29, 0.717) is 18.1 Å². The van der Waals surface area contributed by atoms with Gasteiger partial charge in [-0.25, -0.2) is 0 Å². The van der Waals surface area contributed by atoms with Crippen molar-refractivity contribution in [1.29, 1.82) is 0 Å². The molecule has 2 aromatic rings. The summed E-state index contributed by atoms with van der Waals surface area (Å²) in [5.74, 6) is 1.37. The summed E-state index contributed by atoms with van der Waals surface area (Å²) >= 11 is 11.6. The number of benzene rings is 1. The Morgan fingerprint density at radius 2 is 2.00 bits per heavy atom. The predicted molar refractivity (Wildman–Crippen MR) is 62.7 cm³/mol. The second-order valence-corrected chi connectivity index (χ2v) is 4.00. The second-order valence-electron chi connectivity index (χ2n) is 3.33. The van der Waals surface area contributed by atoms with Gasteiger partial charge in [0.15, 0.2) is 5.82 Å². The molecule has 0 amide bonds. The summed E-state index contributed by atoms with van der Waals surface area (Å²) in [5.41, 5.74) is 1.08. The van der Waals surface area contributed by atoms with Crippen LogP contribution in [0.2, 0.25) is 5.02 Å². The van der Waals surface area contributed by atoms with Gasteiger partial charge >= 0.3 is 0 Å². The summed E-state index contributed by atoms with van der Waals surface area (Å²) in [5, 5.41) is 4.59. The Morgan fingerprint density at radius 3 is 2.69 bits per heavy atom. The van der Waals surface area contributed by atoms with E-state index in [1.807, 2.05) is 24.3 Å². The van der Waals surface area contributed by atoms with Crippen molar-refractivity contribution in [3.63, 3.8) is 0 Å². The van der Waals surface area contributed by atoms with E-state index in [9.17, 15) is 0 Å². The first kappa shape index (κ1) is 11.4. The molecule has 0 N–H and O–H groups in total. The number of halogens is 2. The molecule has 0 unspecified atom stereocenters. The monoisotopic (exact) mass is 256 g/mol. The third kappa shape index (κ3) is 2.74. The zero-order valence-corrected chi connectivity index (χ0v) is 10.0. The number of rotatable bonds is 4. The lowest BCUT2D eigenvalue weighted by molar-refractivity contribution is 0.384. The third-order valence-electron chi connectivity index (χ3n) is 2.20. The summed E-state index contributed by atoms with van der Waals surface area (Å²) in [7, 11) is 0. The first-order valence-electron chi connectivity index (χ1n) is 4.90. The number of hydrogen-bond donors (Lipinski definition) is 0. The summed E-state index contributed by atoms with van der Waals surface area (Å²) in [6.07, 6.45) is 1.49. The molecule has 16 heavy (non-hydrogen) atoms. The minimum absolute atomic E-state index is 0.249. The van der Waals surface area contributed by atoms with Gasteiger partial charge in [-0.2, -0.15) is 4.98 Å². The van der Waals surface area contributed by atoms with Crippen molar-refractivity contribution in [3.05, 3.63) is 46.6 Å². The van der Waals surface area contributed by atoms with E-state index in [0.717, 1.165) is 17.0 Å². The molecule has 1 aromatic carbocycles. The molecule has 0 bridgehead atoms. The van der Waals surface area contributed by atoms with E-state index in [2.05, 4.69) is 10.1 Å². The Kier molecular flexibility index (Phi) is 3.80. The average Bonchev–Trinajstić information content (AvgIpc) is 2.76. The number of aryl methyl sites for hydroxylation is 2. The molecule has 0 aliphatic heterocycles. The van der Waals surface area contributed by atoms with Crippen LogP contribution in [0.15, 0.2) is 28.8 Å². The Balaban J connectivity index is 1.99. The van der Waals surface area contributed by atoms with Gasteiger partial charge in [-0.05, 0) is 18.1 Å². The van der Waals surface area contributed by atoms with Gasteiger partial charge < -0.3 is 4.52 Å². The van der Waals surface area contributed by atoms with Crippen molar-refractivity contribution >= 4 is 23.2 Å². The summed E-state index contributed by atoms with van der Waals surface area (Å²) in [4.78, 5) is 4.12. The molecule has 0 atom stereocenters. The molecule has 0 spiro atoms. The Morgan fingerprint density at radius 1 is 1.19 bits per heavy atom. The SMILES string of the molecule is ClCc1nc(CCc2ccccc2Cl)no1. The molecule has 1 aromatic heterocycles. The van der Waals surface area contributed by atoms with Gasteiger partial charge in [0, 0.05) is 11.4 Å². The lowest BCUT2D eigenvalue weighted by atomic mass is 10.1. The molecule has 5 heteroatoms. The van der Waals surface area contributed by atoms with Crippen LogP contribution in [-0.4, -0.2) is 10.1 Å². The number of nitrogens with zero attached hydrogens (tertiary/aromatic N) is 2. The van der Waals surface area contributed by atoms with Crippen LogP contribution in [0.5, 0.6) is 0 Å². The van der Waals surface area contributed by atoms with Gasteiger partial charge in [-0.15, -0.1) is 11.6 Å². The molecule has 84 valence electrons. The maximum Gasteiger partial charge on any atom is 0.241 e. The Bertz CT molecular complexity index is 471. The molecular formula is C11H10Cl2N2O. The maximum absolute atomic E-state index is 6.04. The Labute approximate surface area is 103 Å². The summed E-state index contributed by atoms with van der Waals surface area (Å²) < 4.78 is 4.91. The number of hydrogen-bond acceptors (Lipinski definition) is 3. The lowest BCUT2D eigenvalue weighted by Crippen LogP contribution is -1.94. The molecule has 0 radical (unpaired) electrons. The van der Waals surface area contributed by atoms with Crippen LogP contribution in [0.25, 0.3) is 0 Å². The van der Waals surface area contributed by atoms with Crippen molar-refractivity contribution in [3.8, 4) is 0 Å². The van der Waals surface area contributed by atoms with Crippen molar-refractivity contribution in [1.82, 2.24) is 10.1 Å². The highest BCUT2D eigenvalue weighted by molar-refractivity contribution is 6.31. The maximum atomic E-state index is 6.04. The zero-order chi connectivity index (χ0) is 11.4. The summed E-state index contributed by atoms with van der Waals surface area (Å²) in [6, 6.07) is 7.73. The number of alkyl halides is 1. The summed E-state index contributed by atoms with van der Waals surface area (Å²) in [6.45, 7) is 0. The molecule has 0 saturated carbocycles. The highest BCUT2D eigenvalue weighted by Gasteiger charge is 2.06.